The molecule has 0 bridgehead atoms. The van der Waals surface area contributed by atoms with E-state index in [0.717, 1.165) is 4.90 Å². The molecule has 1 aliphatic heterocycles. The van der Waals surface area contributed by atoms with E-state index in [9.17, 15) is 19.5 Å². The molecular weight excluding hydrogens is 479 g/mol. The first-order valence-electron chi connectivity index (χ1n) is 9.84. The minimum absolute atomic E-state index is 0.145. The second kappa shape index (κ2) is 12.0. The molecule has 0 aromatic heterocycles. The van der Waals surface area contributed by atoms with Gasteiger partial charge in [-0.2, -0.15) is 12.6 Å². The third-order valence-electron chi connectivity index (χ3n) is 5.07. The molecule has 0 spiro atoms. The Hall–Kier alpha value is -1.35. The van der Waals surface area contributed by atoms with Crippen molar-refractivity contribution >= 4 is 71.5 Å². The molecule has 2 amide bonds. The Morgan fingerprint density at radius 1 is 1.29 bits per heavy atom. The van der Waals surface area contributed by atoms with Gasteiger partial charge in [-0.05, 0) is 43.2 Å². The zero-order valence-electron chi connectivity index (χ0n) is 17.3. The molecule has 0 radical (unpaired) electrons. The second-order valence-electron chi connectivity index (χ2n) is 7.40. The molecule has 6 nitrogen and oxygen atoms in total. The quantitative estimate of drug-likeness (QED) is 0.280. The summed E-state index contributed by atoms with van der Waals surface area (Å²) in [6, 6.07) is 2.70. The summed E-state index contributed by atoms with van der Waals surface area (Å²) in [5.41, 5.74) is 0.658. The van der Waals surface area contributed by atoms with Crippen LogP contribution in [0.4, 0.5) is 0 Å². The summed E-state index contributed by atoms with van der Waals surface area (Å²) >= 11 is 18.2. The third-order valence-corrected chi connectivity index (χ3v) is 7.07. The highest BCUT2D eigenvalue weighted by atomic mass is 35.5. The Morgan fingerprint density at radius 2 is 1.94 bits per heavy atom. The summed E-state index contributed by atoms with van der Waals surface area (Å²) in [7, 11) is 0. The maximum atomic E-state index is 12.5. The van der Waals surface area contributed by atoms with Crippen LogP contribution in [0, 0.1) is 5.92 Å². The van der Waals surface area contributed by atoms with E-state index in [4.69, 9.17) is 23.2 Å². The monoisotopic (exact) mass is 504 g/mol. The number of carbonyl (C=O) groups excluding carboxylic acids is 2. The van der Waals surface area contributed by atoms with Crippen molar-refractivity contribution in [1.82, 2.24) is 10.2 Å². The summed E-state index contributed by atoms with van der Waals surface area (Å²) in [4.78, 5) is 38.9. The lowest BCUT2D eigenvalue weighted by molar-refractivity contribution is -0.143. The van der Waals surface area contributed by atoms with Crippen molar-refractivity contribution in [2.45, 2.75) is 42.4 Å². The number of likely N-dealkylation sites (tertiary alicyclic amines) is 1. The molecular formula is C21H26Cl2N2O4S2. The summed E-state index contributed by atoms with van der Waals surface area (Å²) in [5.74, 6) is -1.86. The molecule has 2 N–H and O–H groups in total. The number of hydrogen-bond donors (Lipinski definition) is 3. The molecule has 10 heteroatoms. The average Bonchev–Trinajstić information content (AvgIpc) is 2.73. The highest BCUT2D eigenvalue weighted by Crippen LogP contribution is 2.35. The van der Waals surface area contributed by atoms with Crippen molar-refractivity contribution in [3.8, 4) is 0 Å². The van der Waals surface area contributed by atoms with Crippen LogP contribution in [0.2, 0.25) is 10.0 Å². The fraction of sp³-hybridized carbons (Fsp3) is 0.476. The standard InChI is InChI=1S/C21H26Cl2N2O4S2/c1-12(30)11-15(21(28)29)24-20(27)14-7-9-25(10-8-14)17(26)6-4-13-3-5-16(31-2)19(23)18(13)22/h3-6,12,14-15,30H,7-11H2,1-2H3,(H,24,27)(H,28,29). The lowest BCUT2D eigenvalue weighted by atomic mass is 9.95. The molecule has 1 aliphatic rings. The van der Waals surface area contributed by atoms with Gasteiger partial charge in [-0.15, -0.1) is 11.8 Å². The SMILES string of the molecule is CSc1ccc(C=CC(=O)N2CCC(C(=O)NC(CC(C)S)C(=O)O)CC2)c(Cl)c1Cl. The van der Waals surface area contributed by atoms with E-state index in [1.807, 2.05) is 18.4 Å². The zero-order valence-corrected chi connectivity index (χ0v) is 20.5. The van der Waals surface area contributed by atoms with Crippen molar-refractivity contribution < 1.29 is 19.5 Å². The van der Waals surface area contributed by atoms with E-state index in [1.165, 1.54) is 17.8 Å². The van der Waals surface area contributed by atoms with Crippen molar-refractivity contribution in [2.24, 2.45) is 5.92 Å². The normalized spacial score (nSPS) is 16.9. The highest BCUT2D eigenvalue weighted by molar-refractivity contribution is 7.98. The van der Waals surface area contributed by atoms with Crippen LogP contribution in [0.15, 0.2) is 23.1 Å². The van der Waals surface area contributed by atoms with Gasteiger partial charge in [0.15, 0.2) is 0 Å². The number of hydrogen-bond acceptors (Lipinski definition) is 5. The van der Waals surface area contributed by atoms with Crippen LogP contribution in [-0.2, 0) is 14.4 Å². The van der Waals surface area contributed by atoms with Crippen molar-refractivity contribution in [2.75, 3.05) is 19.3 Å². The number of nitrogens with zero attached hydrogens (tertiary/aromatic N) is 1. The fourth-order valence-electron chi connectivity index (χ4n) is 3.31. The number of thiol groups is 1. The summed E-state index contributed by atoms with van der Waals surface area (Å²) in [5, 5.41) is 12.6. The van der Waals surface area contributed by atoms with Gasteiger partial charge in [0, 0.05) is 35.2 Å². The number of aliphatic carboxylic acids is 1. The number of amides is 2. The molecule has 170 valence electrons. The Labute approximate surface area is 202 Å². The zero-order chi connectivity index (χ0) is 23.1. The predicted molar refractivity (Wildman–Crippen MR) is 129 cm³/mol. The number of carboxylic acids is 1. The van der Waals surface area contributed by atoms with Crippen LogP contribution in [0.25, 0.3) is 6.08 Å². The van der Waals surface area contributed by atoms with E-state index in [2.05, 4.69) is 17.9 Å². The Kier molecular flexibility index (Phi) is 10.1. The Bertz CT molecular complexity index is 856. The molecule has 0 aliphatic carbocycles. The molecule has 1 aromatic rings. The van der Waals surface area contributed by atoms with Crippen LogP contribution in [-0.4, -0.2) is 58.4 Å². The number of carbonyl (C=O) groups is 3. The first-order chi connectivity index (χ1) is 14.6. The third kappa shape index (κ3) is 7.34. The molecule has 1 fully saturated rings. The number of halogens is 2. The minimum atomic E-state index is -1.07. The number of rotatable bonds is 8. The lowest BCUT2D eigenvalue weighted by Crippen LogP contribution is -2.47. The van der Waals surface area contributed by atoms with Gasteiger partial charge in [0.2, 0.25) is 11.8 Å². The van der Waals surface area contributed by atoms with Crippen LogP contribution >= 0.6 is 47.6 Å². The smallest absolute Gasteiger partial charge is 0.326 e. The van der Waals surface area contributed by atoms with Gasteiger partial charge in [0.1, 0.15) is 6.04 Å². The van der Waals surface area contributed by atoms with Crippen LogP contribution in [0.1, 0.15) is 31.7 Å². The molecule has 2 unspecified atom stereocenters. The van der Waals surface area contributed by atoms with Gasteiger partial charge in [-0.1, -0.05) is 36.2 Å². The largest absolute Gasteiger partial charge is 0.480 e. The van der Waals surface area contributed by atoms with E-state index < -0.39 is 12.0 Å². The van der Waals surface area contributed by atoms with Gasteiger partial charge in [0.25, 0.3) is 0 Å². The van der Waals surface area contributed by atoms with E-state index >= 15 is 0 Å². The molecule has 1 saturated heterocycles. The maximum Gasteiger partial charge on any atom is 0.326 e. The first kappa shape index (κ1) is 25.9. The lowest BCUT2D eigenvalue weighted by Gasteiger charge is -2.31. The van der Waals surface area contributed by atoms with Crippen molar-refractivity contribution in [3.63, 3.8) is 0 Å². The van der Waals surface area contributed by atoms with E-state index in [1.54, 1.807) is 17.9 Å². The first-order valence-corrected chi connectivity index (χ1v) is 12.3. The predicted octanol–water partition coefficient (Wildman–Crippen LogP) is 4.24. The van der Waals surface area contributed by atoms with E-state index in [-0.39, 0.29) is 29.4 Å². The second-order valence-corrected chi connectivity index (χ2v) is 9.89. The highest BCUT2D eigenvalue weighted by Gasteiger charge is 2.30. The average molecular weight is 505 g/mol. The van der Waals surface area contributed by atoms with Crippen LogP contribution in [0.5, 0.6) is 0 Å². The Morgan fingerprint density at radius 3 is 2.48 bits per heavy atom. The van der Waals surface area contributed by atoms with Crippen LogP contribution in [0.3, 0.4) is 0 Å². The molecule has 1 heterocycles. The summed E-state index contributed by atoms with van der Waals surface area (Å²) in [6.45, 7) is 2.62. The van der Waals surface area contributed by atoms with Gasteiger partial charge in [-0.25, -0.2) is 4.79 Å². The number of piperidine rings is 1. The fourth-order valence-corrected chi connectivity index (χ4v) is 4.70. The number of thioether (sulfide) groups is 1. The van der Waals surface area contributed by atoms with Crippen molar-refractivity contribution in [1.29, 1.82) is 0 Å². The maximum absolute atomic E-state index is 12.5. The summed E-state index contributed by atoms with van der Waals surface area (Å²) in [6.07, 6.45) is 6.19. The molecule has 1 aromatic carbocycles. The number of nitrogens with one attached hydrogen (secondary N) is 1. The topological polar surface area (TPSA) is 86.7 Å². The number of carboxylic acid groups (broad SMARTS) is 1. The van der Waals surface area contributed by atoms with Crippen LogP contribution < -0.4 is 5.32 Å². The Balaban J connectivity index is 1.91. The van der Waals surface area contributed by atoms with Crippen molar-refractivity contribution in [3.05, 3.63) is 33.8 Å². The van der Waals surface area contributed by atoms with Gasteiger partial charge in [0.05, 0.1) is 10.0 Å². The summed E-state index contributed by atoms with van der Waals surface area (Å²) < 4.78 is 0. The molecule has 2 rings (SSSR count). The van der Waals surface area contributed by atoms with Gasteiger partial charge in [-0.3, -0.25) is 9.59 Å². The van der Waals surface area contributed by atoms with Gasteiger partial charge >= 0.3 is 5.97 Å². The molecule has 0 saturated carbocycles. The molecule has 31 heavy (non-hydrogen) atoms. The molecule has 2 atom stereocenters. The van der Waals surface area contributed by atoms with Gasteiger partial charge < -0.3 is 15.3 Å². The number of benzene rings is 1. The minimum Gasteiger partial charge on any atom is -0.480 e. The van der Waals surface area contributed by atoms with E-state index in [0.29, 0.717) is 41.5 Å².